The van der Waals surface area contributed by atoms with E-state index in [0.29, 0.717) is 37.0 Å². The minimum atomic E-state index is -1.77. The van der Waals surface area contributed by atoms with E-state index in [2.05, 4.69) is 33.2 Å². The maximum absolute atomic E-state index is 12.5. The number of alkyl halides is 3. The number of hydrogen-bond donors (Lipinski definition) is 2. The molecule has 2 rings (SSSR count). The summed E-state index contributed by atoms with van der Waals surface area (Å²) >= 11 is 25.4. The number of morpholine rings is 1. The van der Waals surface area contributed by atoms with Gasteiger partial charge in [-0.2, -0.15) is 0 Å². The molecule has 1 aliphatic rings. The lowest BCUT2D eigenvalue weighted by atomic mass is 10.2. The molecule has 0 unspecified atom stereocenters. The Bertz CT molecular complexity index is 609. The number of halogens is 4. The van der Waals surface area contributed by atoms with E-state index in [1.807, 2.05) is 17.0 Å². The molecule has 1 fully saturated rings. The van der Waals surface area contributed by atoms with Crippen LogP contribution in [-0.2, 0) is 4.74 Å². The molecule has 1 aromatic rings. The molecule has 2 N–H and O–H groups in total. The first-order chi connectivity index (χ1) is 11.3. The molecule has 1 atom stereocenters. The van der Waals surface area contributed by atoms with Crippen LogP contribution in [-0.4, -0.2) is 52.2 Å². The van der Waals surface area contributed by atoms with Gasteiger partial charge >= 0.3 is 0 Å². The topological polar surface area (TPSA) is 53.6 Å². The number of nitrogens with one attached hydrogen (secondary N) is 2. The zero-order chi connectivity index (χ0) is 17.7. The average molecular weight is 523 g/mol. The Hall–Kier alpha value is -0.0600. The summed E-state index contributed by atoms with van der Waals surface area (Å²) in [5, 5.41) is 6.01. The highest BCUT2D eigenvalue weighted by molar-refractivity contribution is 14.1. The highest BCUT2D eigenvalue weighted by atomic mass is 127. The van der Waals surface area contributed by atoms with Crippen LogP contribution < -0.4 is 10.6 Å². The molecule has 0 bridgehead atoms. The summed E-state index contributed by atoms with van der Waals surface area (Å²) in [5.41, 5.74) is 0.497. The number of benzene rings is 1. The van der Waals surface area contributed by atoms with E-state index in [1.54, 1.807) is 12.1 Å². The molecule has 10 heteroatoms. The Balaban J connectivity index is 2.07. The molecular weight excluding hydrogens is 508 g/mol. The summed E-state index contributed by atoms with van der Waals surface area (Å²) < 4.78 is 4.31. The number of nitrogens with zero attached hydrogens (tertiary/aromatic N) is 1. The SMILES string of the molecule is O=C(N[C@H](NC(=S)N1CCOCC1)C(Cl)(Cl)Cl)c1ccccc1I. The maximum Gasteiger partial charge on any atom is 0.254 e. The van der Waals surface area contributed by atoms with Crippen LogP contribution in [0.5, 0.6) is 0 Å². The van der Waals surface area contributed by atoms with Crippen molar-refractivity contribution in [1.82, 2.24) is 15.5 Å². The largest absolute Gasteiger partial charge is 0.378 e. The van der Waals surface area contributed by atoms with Gasteiger partial charge in [0.2, 0.25) is 3.79 Å². The van der Waals surface area contributed by atoms with Crippen molar-refractivity contribution in [2.45, 2.75) is 9.96 Å². The molecule has 0 radical (unpaired) electrons. The normalized spacial score (nSPS) is 16.4. The third kappa shape index (κ3) is 5.74. The van der Waals surface area contributed by atoms with Crippen LogP contribution in [0.1, 0.15) is 10.4 Å². The lowest BCUT2D eigenvalue weighted by molar-refractivity contribution is 0.0671. The van der Waals surface area contributed by atoms with Gasteiger partial charge < -0.3 is 20.3 Å². The fourth-order valence-electron chi connectivity index (χ4n) is 2.04. The molecule has 0 aromatic heterocycles. The van der Waals surface area contributed by atoms with Crippen molar-refractivity contribution in [3.05, 3.63) is 33.4 Å². The molecule has 1 aliphatic heterocycles. The third-order valence-corrected chi connectivity index (χ3v) is 5.26. The van der Waals surface area contributed by atoms with Gasteiger partial charge in [-0.05, 0) is 46.9 Å². The zero-order valence-electron chi connectivity index (χ0n) is 12.4. The van der Waals surface area contributed by atoms with Gasteiger partial charge in [-0.15, -0.1) is 0 Å². The lowest BCUT2D eigenvalue weighted by Gasteiger charge is -2.34. The highest BCUT2D eigenvalue weighted by Gasteiger charge is 2.35. The quantitative estimate of drug-likeness (QED) is 0.277. The Morgan fingerprint density at radius 3 is 2.46 bits per heavy atom. The summed E-state index contributed by atoms with van der Waals surface area (Å²) in [6, 6.07) is 7.14. The molecule has 132 valence electrons. The second kappa shape index (κ2) is 9.05. The van der Waals surface area contributed by atoms with Gasteiger partial charge in [0.1, 0.15) is 6.17 Å². The van der Waals surface area contributed by atoms with Gasteiger partial charge in [0.05, 0.1) is 18.8 Å². The van der Waals surface area contributed by atoms with Crippen LogP contribution in [0.3, 0.4) is 0 Å². The van der Waals surface area contributed by atoms with Gasteiger partial charge in [0, 0.05) is 16.7 Å². The van der Waals surface area contributed by atoms with Crippen LogP contribution in [0.25, 0.3) is 0 Å². The van der Waals surface area contributed by atoms with Crippen molar-refractivity contribution in [3.63, 3.8) is 0 Å². The van der Waals surface area contributed by atoms with E-state index in [1.165, 1.54) is 0 Å². The molecule has 1 heterocycles. The van der Waals surface area contributed by atoms with Gasteiger partial charge in [-0.3, -0.25) is 4.79 Å². The summed E-state index contributed by atoms with van der Waals surface area (Å²) in [5.74, 6) is -0.353. The van der Waals surface area contributed by atoms with Gasteiger partial charge in [0.25, 0.3) is 5.91 Å². The Kier molecular flexibility index (Phi) is 7.63. The number of carbonyl (C=O) groups excluding carboxylic acids is 1. The lowest BCUT2D eigenvalue weighted by Crippen LogP contribution is -2.59. The Labute approximate surface area is 174 Å². The molecule has 0 saturated carbocycles. The number of amides is 1. The average Bonchev–Trinajstić information content (AvgIpc) is 2.54. The highest BCUT2D eigenvalue weighted by Crippen LogP contribution is 2.29. The monoisotopic (exact) mass is 521 g/mol. The first-order valence-electron chi connectivity index (χ1n) is 7.04. The number of carbonyl (C=O) groups is 1. The van der Waals surface area contributed by atoms with Crippen molar-refractivity contribution < 1.29 is 9.53 Å². The van der Waals surface area contributed by atoms with Crippen LogP contribution in [0, 0.1) is 3.57 Å². The molecular formula is C14H15Cl3IN3O2S. The van der Waals surface area contributed by atoms with Gasteiger partial charge in [0.15, 0.2) is 5.11 Å². The van der Waals surface area contributed by atoms with E-state index in [-0.39, 0.29) is 5.91 Å². The maximum atomic E-state index is 12.5. The van der Waals surface area contributed by atoms with Crippen LogP contribution >= 0.6 is 69.6 Å². The number of hydrogen-bond acceptors (Lipinski definition) is 3. The molecule has 0 spiro atoms. The van der Waals surface area contributed by atoms with E-state index >= 15 is 0 Å². The van der Waals surface area contributed by atoms with E-state index in [4.69, 9.17) is 51.8 Å². The van der Waals surface area contributed by atoms with Crippen LogP contribution in [0.4, 0.5) is 0 Å². The smallest absolute Gasteiger partial charge is 0.254 e. The summed E-state index contributed by atoms with van der Waals surface area (Å²) in [6.07, 6.45) is -0.971. The van der Waals surface area contributed by atoms with E-state index in [9.17, 15) is 4.79 Å². The molecule has 5 nitrogen and oxygen atoms in total. The van der Waals surface area contributed by atoms with Gasteiger partial charge in [-0.25, -0.2) is 0 Å². The first kappa shape index (κ1) is 20.3. The van der Waals surface area contributed by atoms with Crippen molar-refractivity contribution >= 4 is 80.6 Å². The predicted molar refractivity (Wildman–Crippen MR) is 109 cm³/mol. The molecule has 1 amide bonds. The fourth-order valence-corrected chi connectivity index (χ4v) is 3.30. The van der Waals surface area contributed by atoms with Crippen molar-refractivity contribution in [2.75, 3.05) is 26.3 Å². The first-order valence-corrected chi connectivity index (χ1v) is 9.66. The van der Waals surface area contributed by atoms with E-state index < -0.39 is 9.96 Å². The summed E-state index contributed by atoms with van der Waals surface area (Å²) in [7, 11) is 0. The van der Waals surface area contributed by atoms with Gasteiger partial charge in [-0.1, -0.05) is 46.9 Å². The van der Waals surface area contributed by atoms with Crippen molar-refractivity contribution in [2.24, 2.45) is 0 Å². The summed E-state index contributed by atoms with van der Waals surface area (Å²) in [4.78, 5) is 14.4. The van der Waals surface area contributed by atoms with Crippen molar-refractivity contribution in [1.29, 1.82) is 0 Å². The van der Waals surface area contributed by atoms with Crippen LogP contribution in [0.2, 0.25) is 0 Å². The zero-order valence-corrected chi connectivity index (χ0v) is 17.6. The molecule has 0 aliphatic carbocycles. The van der Waals surface area contributed by atoms with Crippen LogP contribution in [0.15, 0.2) is 24.3 Å². The standard InChI is InChI=1S/C14H15Cl3IN3O2S/c15-14(16,17)12(20-13(24)21-5-7-23-8-6-21)19-11(22)9-3-1-2-4-10(9)18/h1-4,12H,5-8H2,(H,19,22)(H,20,24)/t12-/m1/s1. The second-order valence-electron chi connectivity index (χ2n) is 4.98. The molecule has 24 heavy (non-hydrogen) atoms. The Morgan fingerprint density at radius 1 is 1.25 bits per heavy atom. The number of thiocarbonyl (C=S) groups is 1. The number of rotatable bonds is 3. The Morgan fingerprint density at radius 2 is 1.88 bits per heavy atom. The minimum absolute atomic E-state index is 0.353. The van der Waals surface area contributed by atoms with Crippen molar-refractivity contribution in [3.8, 4) is 0 Å². The minimum Gasteiger partial charge on any atom is -0.378 e. The second-order valence-corrected chi connectivity index (χ2v) is 8.89. The molecule has 1 aromatic carbocycles. The number of ether oxygens (including phenoxy) is 1. The molecule has 1 saturated heterocycles. The summed E-state index contributed by atoms with van der Waals surface area (Å²) in [6.45, 7) is 2.44. The fraction of sp³-hybridized carbons (Fsp3) is 0.429. The third-order valence-electron chi connectivity index (χ3n) is 3.29. The van der Waals surface area contributed by atoms with E-state index in [0.717, 1.165) is 3.57 Å². The predicted octanol–water partition coefficient (Wildman–Crippen LogP) is 2.92.